The molecule has 1 fully saturated rings. The highest BCUT2D eigenvalue weighted by Gasteiger charge is 2.22. The quantitative estimate of drug-likeness (QED) is 0.660. The van der Waals surface area contributed by atoms with Crippen molar-refractivity contribution in [2.75, 3.05) is 39.8 Å². The lowest BCUT2D eigenvalue weighted by Gasteiger charge is -2.29. The Kier molecular flexibility index (Phi) is 5.11. The van der Waals surface area contributed by atoms with Crippen molar-refractivity contribution in [2.24, 2.45) is 5.73 Å². The molecule has 1 saturated heterocycles. The molecule has 0 spiro atoms. The minimum Gasteiger partial charge on any atom is -0.374 e. The maximum absolute atomic E-state index is 12.1. The molecule has 3 N–H and O–H groups in total. The highest BCUT2D eigenvalue weighted by molar-refractivity contribution is 7.89. The predicted molar refractivity (Wildman–Crippen MR) is 73.7 cm³/mol. The van der Waals surface area contributed by atoms with Crippen molar-refractivity contribution in [1.82, 2.24) is 19.4 Å². The second-order valence-electron chi connectivity index (χ2n) is 4.83. The Balaban J connectivity index is 1.92. The third-order valence-corrected chi connectivity index (χ3v) is 4.50. The molecule has 1 unspecified atom stereocenters. The van der Waals surface area contributed by atoms with Crippen LogP contribution in [0.3, 0.4) is 0 Å². The largest absolute Gasteiger partial charge is 0.374 e. The van der Waals surface area contributed by atoms with Gasteiger partial charge in [0.15, 0.2) is 0 Å². The van der Waals surface area contributed by atoms with Crippen molar-refractivity contribution < 1.29 is 13.2 Å². The summed E-state index contributed by atoms with van der Waals surface area (Å²) in [6.07, 6.45) is 2.68. The molecule has 1 atom stereocenters. The molecular weight excluding hydrogens is 282 g/mol. The second-order valence-corrected chi connectivity index (χ2v) is 6.60. The predicted octanol–water partition coefficient (Wildman–Crippen LogP) is -1.55. The van der Waals surface area contributed by atoms with E-state index in [2.05, 4.69) is 14.7 Å². The molecule has 8 nitrogen and oxygen atoms in total. The number of nitrogens with zero attached hydrogens (tertiary/aromatic N) is 3. The monoisotopic (exact) mass is 303 g/mol. The number of rotatable bonds is 6. The summed E-state index contributed by atoms with van der Waals surface area (Å²) in [5.74, 6) is 0. The average Bonchev–Trinajstić information content (AvgIpc) is 2.87. The molecule has 1 aromatic heterocycles. The lowest BCUT2D eigenvalue weighted by molar-refractivity contribution is -0.0156. The van der Waals surface area contributed by atoms with Gasteiger partial charge in [0.25, 0.3) is 0 Å². The van der Waals surface area contributed by atoms with Crippen molar-refractivity contribution in [1.29, 1.82) is 0 Å². The van der Waals surface area contributed by atoms with Crippen molar-refractivity contribution >= 4 is 10.0 Å². The topological polar surface area (TPSA) is 102 Å². The summed E-state index contributed by atoms with van der Waals surface area (Å²) in [4.78, 5) is 2.26. The summed E-state index contributed by atoms with van der Waals surface area (Å²) in [7, 11) is -1.56. The Morgan fingerprint density at radius 2 is 2.40 bits per heavy atom. The molecule has 20 heavy (non-hydrogen) atoms. The van der Waals surface area contributed by atoms with Gasteiger partial charge in [0.2, 0.25) is 10.0 Å². The third kappa shape index (κ3) is 4.00. The number of likely N-dealkylation sites (N-methyl/N-ethyl adjacent to an activating group) is 1. The van der Waals surface area contributed by atoms with Crippen molar-refractivity contribution in [3.63, 3.8) is 0 Å². The van der Waals surface area contributed by atoms with Gasteiger partial charge in [-0.2, -0.15) is 5.10 Å². The molecule has 0 radical (unpaired) electrons. The van der Waals surface area contributed by atoms with E-state index in [0.717, 1.165) is 13.1 Å². The van der Waals surface area contributed by atoms with Crippen LogP contribution in [0.2, 0.25) is 0 Å². The number of hydrogen-bond acceptors (Lipinski definition) is 6. The molecule has 1 aromatic rings. The smallest absolute Gasteiger partial charge is 0.243 e. The first-order chi connectivity index (χ1) is 9.51. The highest BCUT2D eigenvalue weighted by Crippen LogP contribution is 2.08. The van der Waals surface area contributed by atoms with E-state index in [-0.39, 0.29) is 17.5 Å². The zero-order valence-corrected chi connectivity index (χ0v) is 12.3. The van der Waals surface area contributed by atoms with Gasteiger partial charge in [-0.25, -0.2) is 13.1 Å². The summed E-state index contributed by atoms with van der Waals surface area (Å²) in [5, 5.41) is 3.96. The van der Waals surface area contributed by atoms with Gasteiger partial charge in [0, 0.05) is 32.4 Å². The van der Waals surface area contributed by atoms with Gasteiger partial charge in [0.05, 0.1) is 25.5 Å². The van der Waals surface area contributed by atoms with Crippen LogP contribution in [0.25, 0.3) is 0 Å². The van der Waals surface area contributed by atoms with E-state index in [9.17, 15) is 8.42 Å². The zero-order valence-electron chi connectivity index (χ0n) is 11.5. The number of hydrogen-bond donors (Lipinski definition) is 2. The number of sulfonamides is 1. The molecule has 9 heteroatoms. The average molecular weight is 303 g/mol. The fourth-order valence-corrected chi connectivity index (χ4v) is 3.03. The molecule has 1 aliphatic heterocycles. The van der Waals surface area contributed by atoms with Gasteiger partial charge in [-0.1, -0.05) is 0 Å². The second kappa shape index (κ2) is 6.64. The lowest BCUT2D eigenvalue weighted by Crippen LogP contribution is -2.45. The maximum Gasteiger partial charge on any atom is 0.243 e. The van der Waals surface area contributed by atoms with Gasteiger partial charge in [0.1, 0.15) is 4.90 Å². The first-order valence-corrected chi connectivity index (χ1v) is 8.02. The summed E-state index contributed by atoms with van der Waals surface area (Å²) in [6.45, 7) is 3.37. The van der Waals surface area contributed by atoms with Crippen molar-refractivity contribution in [3.8, 4) is 0 Å². The first kappa shape index (κ1) is 15.4. The van der Waals surface area contributed by atoms with E-state index in [1.54, 1.807) is 0 Å². The van der Waals surface area contributed by atoms with Crippen LogP contribution in [-0.4, -0.2) is 69.0 Å². The molecular formula is C11H21N5O3S. The van der Waals surface area contributed by atoms with E-state index >= 15 is 0 Å². The third-order valence-electron chi connectivity index (χ3n) is 3.12. The SMILES string of the molecule is CN1CCOC(CNS(=O)(=O)c2cnn(CCN)c2)C1. The molecule has 114 valence electrons. The molecule has 0 amide bonds. The standard InChI is InChI=1S/C11H21N5O3S/c1-15-4-5-19-10(8-15)6-14-20(17,18)11-7-13-16(9-11)3-2-12/h7,9-10,14H,2-6,8,12H2,1H3. The van der Waals surface area contributed by atoms with Crippen LogP contribution in [0.5, 0.6) is 0 Å². The first-order valence-electron chi connectivity index (χ1n) is 6.53. The molecule has 1 aliphatic rings. The summed E-state index contributed by atoms with van der Waals surface area (Å²) in [6, 6.07) is 0. The zero-order chi connectivity index (χ0) is 14.6. The normalized spacial score (nSPS) is 21.2. The van der Waals surface area contributed by atoms with Crippen molar-refractivity contribution in [2.45, 2.75) is 17.5 Å². The van der Waals surface area contributed by atoms with Crippen LogP contribution in [0, 0.1) is 0 Å². The van der Waals surface area contributed by atoms with Gasteiger partial charge < -0.3 is 15.4 Å². The van der Waals surface area contributed by atoms with E-state index < -0.39 is 10.0 Å². The van der Waals surface area contributed by atoms with Crippen LogP contribution in [0.4, 0.5) is 0 Å². The Morgan fingerprint density at radius 3 is 3.10 bits per heavy atom. The van der Waals surface area contributed by atoms with E-state index in [1.165, 1.54) is 17.1 Å². The Bertz CT molecular complexity index is 530. The van der Waals surface area contributed by atoms with E-state index in [0.29, 0.717) is 19.7 Å². The molecule has 2 heterocycles. The van der Waals surface area contributed by atoms with E-state index in [1.807, 2.05) is 7.05 Å². The van der Waals surface area contributed by atoms with Crippen LogP contribution >= 0.6 is 0 Å². The van der Waals surface area contributed by atoms with Gasteiger partial charge in [-0.05, 0) is 7.05 Å². The Labute approximate surface area is 118 Å². The maximum atomic E-state index is 12.1. The highest BCUT2D eigenvalue weighted by atomic mass is 32.2. The fourth-order valence-electron chi connectivity index (χ4n) is 2.01. The van der Waals surface area contributed by atoms with Crippen molar-refractivity contribution in [3.05, 3.63) is 12.4 Å². The minimum absolute atomic E-state index is 0.123. The minimum atomic E-state index is -3.55. The number of nitrogens with one attached hydrogen (secondary N) is 1. The Morgan fingerprint density at radius 1 is 1.60 bits per heavy atom. The van der Waals surface area contributed by atoms with Gasteiger partial charge in [-0.3, -0.25) is 4.68 Å². The fraction of sp³-hybridized carbons (Fsp3) is 0.727. The van der Waals surface area contributed by atoms with Gasteiger partial charge in [-0.15, -0.1) is 0 Å². The molecule has 0 bridgehead atoms. The number of nitrogens with two attached hydrogens (primary N) is 1. The number of ether oxygens (including phenoxy) is 1. The summed E-state index contributed by atoms with van der Waals surface area (Å²) >= 11 is 0. The number of aromatic nitrogens is 2. The van der Waals surface area contributed by atoms with Crippen LogP contribution in [-0.2, 0) is 21.3 Å². The van der Waals surface area contributed by atoms with Crippen LogP contribution in [0.15, 0.2) is 17.3 Å². The van der Waals surface area contributed by atoms with Crippen LogP contribution in [0.1, 0.15) is 0 Å². The molecule has 2 rings (SSSR count). The van der Waals surface area contributed by atoms with Gasteiger partial charge >= 0.3 is 0 Å². The molecule has 0 saturated carbocycles. The molecule has 0 aliphatic carbocycles. The summed E-state index contributed by atoms with van der Waals surface area (Å²) in [5.41, 5.74) is 5.40. The molecule has 0 aromatic carbocycles. The Hall–Kier alpha value is -1.00. The number of morpholine rings is 1. The van der Waals surface area contributed by atoms with E-state index in [4.69, 9.17) is 10.5 Å². The lowest BCUT2D eigenvalue weighted by atomic mass is 10.3. The summed E-state index contributed by atoms with van der Waals surface area (Å²) < 4.78 is 33.8. The van der Waals surface area contributed by atoms with Crippen LogP contribution < -0.4 is 10.5 Å².